The second kappa shape index (κ2) is 7.01. The minimum atomic E-state index is -0.185. The molecule has 2 aromatic rings. The third-order valence-electron chi connectivity index (χ3n) is 2.71. The summed E-state index contributed by atoms with van der Waals surface area (Å²) in [6.45, 7) is 2.70. The van der Waals surface area contributed by atoms with Crippen LogP contribution in [-0.2, 0) is 5.88 Å². The minimum Gasteiger partial charge on any atom is -0.490 e. The Morgan fingerprint density at radius 3 is 2.50 bits per heavy atom. The number of aromatic nitrogens is 1. The molecule has 0 saturated carbocycles. The van der Waals surface area contributed by atoms with E-state index < -0.39 is 0 Å². The number of hydrogen-bond acceptors (Lipinski definition) is 3. The van der Waals surface area contributed by atoms with Crippen LogP contribution in [0.25, 0.3) is 0 Å². The van der Waals surface area contributed by atoms with E-state index in [4.69, 9.17) is 21.1 Å². The van der Waals surface area contributed by atoms with Crippen molar-refractivity contribution in [1.29, 1.82) is 0 Å². The summed E-state index contributed by atoms with van der Waals surface area (Å²) in [4.78, 5) is 14.6. The molecule has 106 valence electrons. The van der Waals surface area contributed by atoms with E-state index in [0.717, 1.165) is 5.75 Å². The molecule has 0 unspecified atom stereocenters. The van der Waals surface area contributed by atoms with Crippen LogP contribution in [0.4, 0.5) is 0 Å². The van der Waals surface area contributed by atoms with Crippen molar-refractivity contribution < 1.29 is 9.47 Å². The summed E-state index contributed by atoms with van der Waals surface area (Å²) in [6, 6.07) is 9.19. The largest absolute Gasteiger partial charge is 0.490 e. The Kier molecular flexibility index (Phi) is 5.07. The van der Waals surface area contributed by atoms with E-state index in [1.54, 1.807) is 0 Å². The Balaban J connectivity index is 1.81. The molecule has 1 N–H and O–H groups in total. The molecule has 4 nitrogen and oxygen atoms in total. The van der Waals surface area contributed by atoms with E-state index >= 15 is 0 Å². The number of H-pyrrole nitrogens is 1. The normalized spacial score (nSPS) is 10.3. The first-order valence-electron chi connectivity index (χ1n) is 6.29. The van der Waals surface area contributed by atoms with Crippen LogP contribution in [0.2, 0.25) is 0 Å². The maximum Gasteiger partial charge on any atom is 0.223 e. The van der Waals surface area contributed by atoms with Crippen molar-refractivity contribution in [3.05, 3.63) is 58.0 Å². The summed E-state index contributed by atoms with van der Waals surface area (Å²) >= 11 is 5.63. The first-order chi connectivity index (χ1) is 9.69. The molecule has 5 heteroatoms. The van der Waals surface area contributed by atoms with Crippen molar-refractivity contribution in [3.8, 4) is 11.5 Å². The van der Waals surface area contributed by atoms with E-state index in [0.29, 0.717) is 18.9 Å². The maximum absolute atomic E-state index is 11.7. The molecule has 1 aromatic heterocycles. The molecule has 0 radical (unpaired) electrons. The van der Waals surface area contributed by atoms with Gasteiger partial charge in [0.05, 0.1) is 5.88 Å². The van der Waals surface area contributed by atoms with Gasteiger partial charge in [0.15, 0.2) is 5.75 Å². The van der Waals surface area contributed by atoms with Crippen LogP contribution in [0.5, 0.6) is 11.5 Å². The van der Waals surface area contributed by atoms with Gasteiger partial charge in [-0.25, -0.2) is 0 Å². The maximum atomic E-state index is 11.7. The smallest absolute Gasteiger partial charge is 0.223 e. The number of pyridine rings is 1. The van der Waals surface area contributed by atoms with Crippen LogP contribution in [-0.4, -0.2) is 18.2 Å². The molecule has 0 aliphatic heterocycles. The van der Waals surface area contributed by atoms with Crippen molar-refractivity contribution in [2.24, 2.45) is 0 Å². The lowest BCUT2D eigenvalue weighted by Crippen LogP contribution is -2.14. The van der Waals surface area contributed by atoms with Crippen LogP contribution < -0.4 is 14.9 Å². The first-order valence-corrected chi connectivity index (χ1v) is 6.82. The lowest BCUT2D eigenvalue weighted by atomic mass is 10.2. The highest BCUT2D eigenvalue weighted by Crippen LogP contribution is 2.11. The summed E-state index contributed by atoms with van der Waals surface area (Å²) in [6.07, 6.45) is 1.52. The van der Waals surface area contributed by atoms with E-state index in [2.05, 4.69) is 4.98 Å². The Labute approximate surface area is 122 Å². The zero-order valence-electron chi connectivity index (χ0n) is 11.2. The summed E-state index contributed by atoms with van der Waals surface area (Å²) < 4.78 is 10.9. The quantitative estimate of drug-likeness (QED) is 0.658. The van der Waals surface area contributed by atoms with Gasteiger partial charge >= 0.3 is 0 Å². The van der Waals surface area contributed by atoms with E-state index in [1.165, 1.54) is 17.8 Å². The molecular formula is C15H16ClNO3. The van der Waals surface area contributed by atoms with Gasteiger partial charge in [0, 0.05) is 18.0 Å². The lowest BCUT2D eigenvalue weighted by Gasteiger charge is -2.08. The number of nitrogens with one attached hydrogen (secondary N) is 1. The average molecular weight is 294 g/mol. The summed E-state index contributed by atoms with van der Waals surface area (Å²) in [7, 11) is 0. The monoisotopic (exact) mass is 293 g/mol. The highest BCUT2D eigenvalue weighted by atomic mass is 35.5. The number of halogens is 1. The second-order valence-electron chi connectivity index (χ2n) is 4.33. The zero-order chi connectivity index (χ0) is 14.4. The number of hydrogen-bond donors (Lipinski definition) is 1. The van der Waals surface area contributed by atoms with E-state index in [9.17, 15) is 4.79 Å². The van der Waals surface area contributed by atoms with Crippen molar-refractivity contribution >= 4 is 11.6 Å². The van der Waals surface area contributed by atoms with Gasteiger partial charge in [-0.05, 0) is 19.1 Å². The van der Waals surface area contributed by atoms with Crippen LogP contribution in [0.3, 0.4) is 0 Å². The third kappa shape index (κ3) is 4.03. The van der Waals surface area contributed by atoms with Gasteiger partial charge in [0.25, 0.3) is 0 Å². The molecule has 0 spiro atoms. The van der Waals surface area contributed by atoms with Gasteiger partial charge in [0.2, 0.25) is 5.43 Å². The predicted molar refractivity (Wildman–Crippen MR) is 78.8 cm³/mol. The van der Waals surface area contributed by atoms with Crippen LogP contribution >= 0.6 is 11.6 Å². The summed E-state index contributed by atoms with van der Waals surface area (Å²) in [5.74, 6) is 1.32. The molecule has 0 amide bonds. The number of benzene rings is 1. The summed E-state index contributed by atoms with van der Waals surface area (Å²) in [5, 5.41) is 0. The minimum absolute atomic E-state index is 0.185. The molecule has 0 aliphatic rings. The third-order valence-corrected chi connectivity index (χ3v) is 3.00. The second-order valence-corrected chi connectivity index (χ2v) is 4.60. The predicted octanol–water partition coefficient (Wildman–Crippen LogP) is 2.88. The van der Waals surface area contributed by atoms with Gasteiger partial charge in [-0.1, -0.05) is 17.7 Å². The highest BCUT2D eigenvalue weighted by Gasteiger charge is 2.02. The van der Waals surface area contributed by atoms with Gasteiger partial charge in [0.1, 0.15) is 19.0 Å². The molecular weight excluding hydrogens is 278 g/mol. The van der Waals surface area contributed by atoms with Gasteiger partial charge < -0.3 is 14.5 Å². The van der Waals surface area contributed by atoms with Gasteiger partial charge in [-0.3, -0.25) is 4.79 Å². The fraction of sp³-hybridized carbons (Fsp3) is 0.267. The molecule has 0 aliphatic carbocycles. The van der Waals surface area contributed by atoms with Crippen molar-refractivity contribution in [2.45, 2.75) is 12.8 Å². The number of aryl methyl sites for hydroxylation is 1. The van der Waals surface area contributed by atoms with Crippen LogP contribution in [0.15, 0.2) is 41.3 Å². The molecule has 0 fully saturated rings. The molecule has 1 heterocycles. The zero-order valence-corrected chi connectivity index (χ0v) is 11.9. The first kappa shape index (κ1) is 14.5. The fourth-order valence-electron chi connectivity index (χ4n) is 1.64. The van der Waals surface area contributed by atoms with Crippen molar-refractivity contribution in [3.63, 3.8) is 0 Å². The van der Waals surface area contributed by atoms with Crippen molar-refractivity contribution in [2.75, 3.05) is 13.2 Å². The van der Waals surface area contributed by atoms with Gasteiger partial charge in [-0.15, -0.1) is 11.6 Å². The molecule has 1 aromatic carbocycles. The number of aromatic amines is 1. The van der Waals surface area contributed by atoms with Gasteiger partial charge in [-0.2, -0.15) is 0 Å². The fourth-order valence-corrected chi connectivity index (χ4v) is 1.79. The lowest BCUT2D eigenvalue weighted by molar-refractivity contribution is 0.215. The molecule has 0 bridgehead atoms. The Morgan fingerprint density at radius 2 is 1.85 bits per heavy atom. The van der Waals surface area contributed by atoms with E-state index in [1.807, 2.05) is 31.2 Å². The molecule has 2 rings (SSSR count). The van der Waals surface area contributed by atoms with Crippen molar-refractivity contribution in [1.82, 2.24) is 4.98 Å². The standard InChI is InChI=1S/C15H16ClNO3/c1-11-2-4-13(5-3-11)19-6-7-20-15-10-17-12(9-16)8-14(15)18/h2-5,8,10H,6-7,9H2,1H3,(H,17,18). The SMILES string of the molecule is Cc1ccc(OCCOc2c[nH]c(CCl)cc2=O)cc1. The van der Waals surface area contributed by atoms with Crippen LogP contribution in [0.1, 0.15) is 11.3 Å². The van der Waals surface area contributed by atoms with Crippen LogP contribution in [0, 0.1) is 6.92 Å². The number of alkyl halides is 1. The highest BCUT2D eigenvalue weighted by molar-refractivity contribution is 6.16. The molecule has 20 heavy (non-hydrogen) atoms. The number of rotatable bonds is 6. The number of ether oxygens (including phenoxy) is 2. The Morgan fingerprint density at radius 1 is 1.15 bits per heavy atom. The Bertz CT molecular complexity index is 607. The van der Waals surface area contributed by atoms with E-state index in [-0.39, 0.29) is 17.1 Å². The molecule has 0 atom stereocenters. The Hall–Kier alpha value is -1.94. The topological polar surface area (TPSA) is 51.3 Å². The molecule has 0 saturated heterocycles. The summed E-state index contributed by atoms with van der Waals surface area (Å²) in [5.41, 5.74) is 1.66. The average Bonchev–Trinajstić information content (AvgIpc) is 2.46.